The van der Waals surface area contributed by atoms with Gasteiger partial charge >= 0.3 is 5.97 Å². The number of carbonyl (C=O) groups excluding carboxylic acids is 2. The number of nitrogens with one attached hydrogen (secondary N) is 1. The molecule has 0 fully saturated rings. The summed E-state index contributed by atoms with van der Waals surface area (Å²) in [4.78, 5) is 24.4. The third-order valence-corrected chi connectivity index (χ3v) is 4.28. The molecule has 2 rings (SSSR count). The van der Waals surface area contributed by atoms with Gasteiger partial charge in [0.1, 0.15) is 0 Å². The Morgan fingerprint density at radius 2 is 1.86 bits per heavy atom. The maximum Gasteiger partial charge on any atom is 0.338 e. The van der Waals surface area contributed by atoms with E-state index in [9.17, 15) is 9.59 Å². The minimum absolute atomic E-state index is 0.130. The van der Waals surface area contributed by atoms with Crippen molar-refractivity contribution >= 4 is 17.6 Å². The number of amides is 1. The van der Waals surface area contributed by atoms with Gasteiger partial charge in [0.2, 0.25) is 5.91 Å². The summed E-state index contributed by atoms with van der Waals surface area (Å²) < 4.78 is 16.1. The van der Waals surface area contributed by atoms with Crippen LogP contribution in [0.25, 0.3) is 0 Å². The normalized spacial score (nSPS) is 10.3. The molecule has 0 bridgehead atoms. The van der Waals surface area contributed by atoms with E-state index in [1.165, 1.54) is 0 Å². The minimum atomic E-state index is -0.379. The Morgan fingerprint density at radius 1 is 1.03 bits per heavy atom. The molecule has 0 saturated heterocycles. The van der Waals surface area contributed by atoms with Gasteiger partial charge < -0.3 is 19.5 Å². The molecular formula is C23H29NO5. The van der Waals surface area contributed by atoms with E-state index in [1.807, 2.05) is 32.0 Å². The molecule has 0 spiro atoms. The van der Waals surface area contributed by atoms with E-state index in [0.29, 0.717) is 48.8 Å². The van der Waals surface area contributed by atoms with Gasteiger partial charge in [-0.15, -0.1) is 0 Å². The van der Waals surface area contributed by atoms with Gasteiger partial charge in [0, 0.05) is 12.1 Å². The van der Waals surface area contributed by atoms with Crippen molar-refractivity contribution in [2.75, 3.05) is 25.6 Å². The highest BCUT2D eigenvalue weighted by Crippen LogP contribution is 2.28. The van der Waals surface area contributed by atoms with Crippen LogP contribution in [-0.2, 0) is 16.0 Å². The van der Waals surface area contributed by atoms with E-state index < -0.39 is 0 Å². The summed E-state index contributed by atoms with van der Waals surface area (Å²) in [6.07, 6.45) is 2.66. The highest BCUT2D eigenvalue weighted by atomic mass is 16.5. The summed E-state index contributed by atoms with van der Waals surface area (Å²) in [6.45, 7) is 4.91. The monoisotopic (exact) mass is 399 g/mol. The Bertz CT molecular complexity index is 819. The summed E-state index contributed by atoms with van der Waals surface area (Å²) in [5.41, 5.74) is 1.98. The Kier molecular flexibility index (Phi) is 9.02. The quantitative estimate of drug-likeness (QED) is 0.441. The lowest BCUT2D eigenvalue weighted by Gasteiger charge is -2.11. The van der Waals surface area contributed by atoms with Gasteiger partial charge in [0.25, 0.3) is 0 Å². The average Bonchev–Trinajstić information content (AvgIpc) is 2.73. The molecule has 156 valence electrons. The van der Waals surface area contributed by atoms with Gasteiger partial charge in [-0.3, -0.25) is 4.79 Å². The molecule has 2 aromatic rings. The molecular weight excluding hydrogens is 370 g/mol. The number of anilines is 1. The summed E-state index contributed by atoms with van der Waals surface area (Å²) in [7, 11) is 1.59. The van der Waals surface area contributed by atoms with Crippen molar-refractivity contribution < 1.29 is 23.8 Å². The van der Waals surface area contributed by atoms with Crippen LogP contribution < -0.4 is 14.8 Å². The molecule has 6 heteroatoms. The average molecular weight is 399 g/mol. The highest BCUT2D eigenvalue weighted by molar-refractivity contribution is 5.94. The lowest BCUT2D eigenvalue weighted by atomic mass is 10.1. The maximum absolute atomic E-state index is 12.3. The van der Waals surface area contributed by atoms with Gasteiger partial charge in [0.05, 0.1) is 25.9 Å². The number of esters is 1. The van der Waals surface area contributed by atoms with Crippen molar-refractivity contribution in [3.05, 3.63) is 53.6 Å². The molecule has 0 aliphatic rings. The number of carbonyl (C=O) groups is 2. The van der Waals surface area contributed by atoms with E-state index in [1.54, 1.807) is 31.4 Å². The third kappa shape index (κ3) is 7.14. The fourth-order valence-corrected chi connectivity index (χ4v) is 2.74. The van der Waals surface area contributed by atoms with Crippen molar-refractivity contribution in [3.63, 3.8) is 0 Å². The van der Waals surface area contributed by atoms with Gasteiger partial charge in [0.15, 0.2) is 11.5 Å². The predicted octanol–water partition coefficient (Wildman–Crippen LogP) is 4.62. The number of methoxy groups -OCH3 is 1. The van der Waals surface area contributed by atoms with Crippen molar-refractivity contribution in [3.8, 4) is 11.5 Å². The number of hydrogen-bond donors (Lipinski definition) is 1. The molecule has 0 aliphatic heterocycles. The standard InChI is InChI=1S/C23H29NO5/c1-4-6-14-29-23(26)18-8-7-9-19(16-18)24-22(25)13-11-17-10-12-20(28-5-2)21(15-17)27-3/h7-10,12,15-16H,4-6,11,13-14H2,1-3H3,(H,24,25). The zero-order chi connectivity index (χ0) is 21.1. The van der Waals surface area contributed by atoms with Crippen LogP contribution in [-0.4, -0.2) is 32.2 Å². The van der Waals surface area contributed by atoms with Gasteiger partial charge in [-0.2, -0.15) is 0 Å². The molecule has 0 saturated carbocycles. The second-order valence-corrected chi connectivity index (χ2v) is 6.54. The summed E-state index contributed by atoms with van der Waals surface area (Å²) >= 11 is 0. The molecule has 0 unspecified atom stereocenters. The second-order valence-electron chi connectivity index (χ2n) is 6.54. The van der Waals surface area contributed by atoms with E-state index in [4.69, 9.17) is 14.2 Å². The van der Waals surface area contributed by atoms with Gasteiger partial charge in [-0.1, -0.05) is 25.5 Å². The van der Waals surface area contributed by atoms with Crippen LogP contribution in [0, 0.1) is 0 Å². The Morgan fingerprint density at radius 3 is 2.59 bits per heavy atom. The molecule has 0 aromatic heterocycles. The predicted molar refractivity (Wildman–Crippen MR) is 113 cm³/mol. The number of aryl methyl sites for hydroxylation is 1. The molecule has 2 aromatic carbocycles. The number of rotatable bonds is 11. The van der Waals surface area contributed by atoms with Crippen LogP contribution >= 0.6 is 0 Å². The van der Waals surface area contributed by atoms with Crippen molar-refractivity contribution in [1.82, 2.24) is 0 Å². The van der Waals surface area contributed by atoms with Crippen molar-refractivity contribution in [2.24, 2.45) is 0 Å². The van der Waals surface area contributed by atoms with Crippen LogP contribution in [0.15, 0.2) is 42.5 Å². The summed E-state index contributed by atoms with van der Waals surface area (Å²) in [5, 5.41) is 2.83. The first kappa shape index (κ1) is 22.3. The number of unbranched alkanes of at least 4 members (excludes halogenated alkanes) is 1. The molecule has 0 heterocycles. The first-order chi connectivity index (χ1) is 14.1. The first-order valence-electron chi connectivity index (χ1n) is 9.94. The Hall–Kier alpha value is -3.02. The van der Waals surface area contributed by atoms with Crippen LogP contribution in [0.1, 0.15) is 49.0 Å². The lowest BCUT2D eigenvalue weighted by Crippen LogP contribution is -2.13. The number of ether oxygens (including phenoxy) is 3. The highest BCUT2D eigenvalue weighted by Gasteiger charge is 2.10. The minimum Gasteiger partial charge on any atom is -0.493 e. The Labute approximate surface area is 172 Å². The first-order valence-corrected chi connectivity index (χ1v) is 9.94. The van der Waals surface area contributed by atoms with Crippen LogP contribution in [0.4, 0.5) is 5.69 Å². The Balaban J connectivity index is 1.91. The fraction of sp³-hybridized carbons (Fsp3) is 0.391. The zero-order valence-electron chi connectivity index (χ0n) is 17.3. The van der Waals surface area contributed by atoms with Crippen LogP contribution in [0.5, 0.6) is 11.5 Å². The van der Waals surface area contributed by atoms with E-state index >= 15 is 0 Å². The second kappa shape index (κ2) is 11.7. The van der Waals surface area contributed by atoms with Crippen molar-refractivity contribution in [1.29, 1.82) is 0 Å². The molecule has 1 amide bonds. The maximum atomic E-state index is 12.3. The number of hydrogen-bond acceptors (Lipinski definition) is 5. The lowest BCUT2D eigenvalue weighted by molar-refractivity contribution is -0.116. The fourth-order valence-electron chi connectivity index (χ4n) is 2.74. The zero-order valence-corrected chi connectivity index (χ0v) is 17.3. The topological polar surface area (TPSA) is 73.9 Å². The molecule has 1 N–H and O–H groups in total. The van der Waals surface area contributed by atoms with Crippen LogP contribution in [0.2, 0.25) is 0 Å². The molecule has 6 nitrogen and oxygen atoms in total. The summed E-state index contributed by atoms with van der Waals surface area (Å²) in [5.74, 6) is 0.829. The number of benzene rings is 2. The summed E-state index contributed by atoms with van der Waals surface area (Å²) in [6, 6.07) is 12.4. The van der Waals surface area contributed by atoms with Crippen molar-refractivity contribution in [2.45, 2.75) is 39.5 Å². The molecule has 0 atom stereocenters. The van der Waals surface area contributed by atoms with Gasteiger partial charge in [-0.05, 0) is 55.7 Å². The molecule has 0 radical (unpaired) electrons. The van der Waals surface area contributed by atoms with Gasteiger partial charge in [-0.25, -0.2) is 4.79 Å². The smallest absolute Gasteiger partial charge is 0.338 e. The van der Waals surface area contributed by atoms with Crippen LogP contribution in [0.3, 0.4) is 0 Å². The SMILES string of the molecule is CCCCOC(=O)c1cccc(NC(=O)CCc2ccc(OCC)c(OC)c2)c1. The third-order valence-electron chi connectivity index (χ3n) is 4.28. The molecule has 29 heavy (non-hydrogen) atoms. The largest absolute Gasteiger partial charge is 0.493 e. The molecule has 0 aliphatic carbocycles. The van der Waals surface area contributed by atoms with E-state index in [0.717, 1.165) is 18.4 Å². The van der Waals surface area contributed by atoms with E-state index in [-0.39, 0.29) is 11.9 Å². The van der Waals surface area contributed by atoms with E-state index in [2.05, 4.69) is 5.32 Å².